The number of aromatic nitrogens is 2. The minimum atomic E-state index is 0.564. The van der Waals surface area contributed by atoms with Gasteiger partial charge in [-0.05, 0) is 43.6 Å². The number of nitrogens with zero attached hydrogens (tertiary/aromatic N) is 2. The molecule has 0 aromatic carbocycles. The van der Waals surface area contributed by atoms with Crippen molar-refractivity contribution in [2.75, 3.05) is 11.9 Å². The van der Waals surface area contributed by atoms with Crippen molar-refractivity contribution in [1.29, 1.82) is 0 Å². The van der Waals surface area contributed by atoms with Crippen LogP contribution in [-0.2, 0) is 0 Å². The van der Waals surface area contributed by atoms with Gasteiger partial charge in [0.15, 0.2) is 0 Å². The summed E-state index contributed by atoms with van der Waals surface area (Å²) < 4.78 is 0. The van der Waals surface area contributed by atoms with Crippen LogP contribution in [0.25, 0.3) is 10.2 Å². The van der Waals surface area contributed by atoms with E-state index in [1.165, 1.54) is 31.1 Å². The number of nitrogens with one attached hydrogen (secondary N) is 1. The van der Waals surface area contributed by atoms with Crippen molar-refractivity contribution in [3.05, 3.63) is 17.3 Å². The summed E-state index contributed by atoms with van der Waals surface area (Å²) in [5.41, 5.74) is 0. The van der Waals surface area contributed by atoms with Crippen LogP contribution in [0.15, 0.2) is 11.4 Å². The first-order valence-electron chi connectivity index (χ1n) is 7.30. The zero-order valence-electron chi connectivity index (χ0n) is 11.6. The molecule has 1 fully saturated rings. The maximum absolute atomic E-state index is 4.80. The highest BCUT2D eigenvalue weighted by Crippen LogP contribution is 2.39. The molecule has 2 unspecified atom stereocenters. The van der Waals surface area contributed by atoms with Gasteiger partial charge in [-0.25, -0.2) is 9.97 Å². The number of hydrogen-bond acceptors (Lipinski definition) is 4. The van der Waals surface area contributed by atoms with Crippen LogP contribution in [0.5, 0.6) is 0 Å². The highest BCUT2D eigenvalue weighted by atomic mass is 32.1. The number of rotatable bonds is 4. The molecule has 2 atom stereocenters. The summed E-state index contributed by atoms with van der Waals surface area (Å²) in [4.78, 5) is 10.7. The van der Waals surface area contributed by atoms with Gasteiger partial charge in [-0.15, -0.1) is 11.3 Å². The minimum Gasteiger partial charge on any atom is -0.370 e. The van der Waals surface area contributed by atoms with Crippen LogP contribution < -0.4 is 5.32 Å². The van der Waals surface area contributed by atoms with Gasteiger partial charge in [0.1, 0.15) is 16.5 Å². The van der Waals surface area contributed by atoms with Crippen LogP contribution >= 0.6 is 11.3 Å². The van der Waals surface area contributed by atoms with Gasteiger partial charge in [0.25, 0.3) is 0 Å². The summed E-state index contributed by atoms with van der Waals surface area (Å²) in [6, 6.07) is 2.12. The van der Waals surface area contributed by atoms with E-state index in [0.717, 1.165) is 28.9 Å². The van der Waals surface area contributed by atoms with E-state index in [1.54, 1.807) is 11.3 Å². The lowest BCUT2D eigenvalue weighted by atomic mass is 10.0. The fourth-order valence-corrected chi connectivity index (χ4v) is 3.81. The van der Waals surface area contributed by atoms with Crippen LogP contribution in [-0.4, -0.2) is 16.5 Å². The van der Waals surface area contributed by atoms with E-state index in [2.05, 4.69) is 30.6 Å². The lowest BCUT2D eigenvalue weighted by molar-refractivity contribution is 0.517. The molecule has 0 saturated heterocycles. The standard InChI is InChI=1S/C15H21N3S/c1-3-10-5-6-11(9-10)13-17-14(16-4-2)12-7-8-19-15(12)18-13/h7-8,10-11H,3-6,9H2,1-2H3,(H,16,17,18). The maximum atomic E-state index is 4.80. The van der Waals surface area contributed by atoms with Crippen molar-refractivity contribution in [3.63, 3.8) is 0 Å². The van der Waals surface area contributed by atoms with E-state index in [4.69, 9.17) is 9.97 Å². The van der Waals surface area contributed by atoms with Crippen LogP contribution in [0.1, 0.15) is 51.3 Å². The van der Waals surface area contributed by atoms with Crippen LogP contribution in [0.2, 0.25) is 0 Å². The molecule has 1 saturated carbocycles. The maximum Gasteiger partial charge on any atom is 0.138 e. The van der Waals surface area contributed by atoms with Crippen LogP contribution in [0.3, 0.4) is 0 Å². The van der Waals surface area contributed by atoms with E-state index in [1.807, 2.05) is 0 Å². The molecule has 19 heavy (non-hydrogen) atoms. The fourth-order valence-electron chi connectivity index (χ4n) is 3.04. The monoisotopic (exact) mass is 275 g/mol. The van der Waals surface area contributed by atoms with Gasteiger partial charge in [0.2, 0.25) is 0 Å². The van der Waals surface area contributed by atoms with E-state index in [9.17, 15) is 0 Å². The first-order valence-corrected chi connectivity index (χ1v) is 8.18. The second-order valence-corrected chi connectivity index (χ2v) is 6.28. The van der Waals surface area contributed by atoms with Crippen molar-refractivity contribution in [3.8, 4) is 0 Å². The van der Waals surface area contributed by atoms with Gasteiger partial charge >= 0.3 is 0 Å². The first-order chi connectivity index (χ1) is 9.31. The Balaban J connectivity index is 1.95. The molecule has 1 aliphatic carbocycles. The van der Waals surface area contributed by atoms with Crippen LogP contribution in [0, 0.1) is 5.92 Å². The number of hydrogen-bond donors (Lipinski definition) is 1. The molecule has 3 rings (SSSR count). The van der Waals surface area contributed by atoms with Gasteiger partial charge in [0.05, 0.1) is 5.39 Å². The Morgan fingerprint density at radius 3 is 2.95 bits per heavy atom. The van der Waals surface area contributed by atoms with E-state index in [0.29, 0.717) is 5.92 Å². The molecule has 102 valence electrons. The first kappa shape index (κ1) is 12.9. The Labute approximate surface area is 118 Å². The third kappa shape index (κ3) is 2.46. The van der Waals surface area contributed by atoms with Gasteiger partial charge in [-0.1, -0.05) is 13.3 Å². The van der Waals surface area contributed by atoms with E-state index >= 15 is 0 Å². The lowest BCUT2D eigenvalue weighted by Crippen LogP contribution is -2.06. The Hall–Kier alpha value is -1.16. The highest BCUT2D eigenvalue weighted by Gasteiger charge is 2.27. The Kier molecular flexibility index (Phi) is 3.69. The number of thiophene rings is 1. The van der Waals surface area contributed by atoms with Gasteiger partial charge in [0, 0.05) is 12.5 Å². The molecule has 0 bridgehead atoms. The predicted octanol–water partition coefficient (Wildman–Crippen LogP) is 4.42. The molecule has 0 aliphatic heterocycles. The quantitative estimate of drug-likeness (QED) is 0.897. The second-order valence-electron chi connectivity index (χ2n) is 5.38. The SMILES string of the molecule is CCNc1nc(C2CCC(CC)C2)nc2sccc12. The summed E-state index contributed by atoms with van der Waals surface area (Å²) in [7, 11) is 0. The zero-order chi connectivity index (χ0) is 13.2. The Bertz CT molecular complexity index is 564. The lowest BCUT2D eigenvalue weighted by Gasteiger charge is -2.12. The smallest absolute Gasteiger partial charge is 0.138 e. The Morgan fingerprint density at radius 2 is 2.21 bits per heavy atom. The largest absolute Gasteiger partial charge is 0.370 e. The third-order valence-electron chi connectivity index (χ3n) is 4.17. The molecule has 2 aromatic rings. The molecule has 2 heterocycles. The van der Waals surface area contributed by atoms with Gasteiger partial charge in [-0.2, -0.15) is 0 Å². The fraction of sp³-hybridized carbons (Fsp3) is 0.600. The summed E-state index contributed by atoms with van der Waals surface area (Å²) in [6.07, 6.45) is 5.14. The highest BCUT2D eigenvalue weighted by molar-refractivity contribution is 7.16. The Morgan fingerprint density at radius 1 is 1.32 bits per heavy atom. The molecule has 3 nitrogen and oxygen atoms in total. The van der Waals surface area contributed by atoms with E-state index in [-0.39, 0.29) is 0 Å². The van der Waals surface area contributed by atoms with Gasteiger partial charge in [-0.3, -0.25) is 0 Å². The third-order valence-corrected chi connectivity index (χ3v) is 4.98. The van der Waals surface area contributed by atoms with Crippen molar-refractivity contribution < 1.29 is 0 Å². The summed E-state index contributed by atoms with van der Waals surface area (Å²) >= 11 is 1.72. The molecule has 0 spiro atoms. The summed E-state index contributed by atoms with van der Waals surface area (Å²) in [5, 5.41) is 6.65. The van der Waals surface area contributed by atoms with Crippen LogP contribution in [0.4, 0.5) is 5.82 Å². The van der Waals surface area contributed by atoms with Gasteiger partial charge < -0.3 is 5.32 Å². The normalized spacial score (nSPS) is 23.1. The molecule has 4 heteroatoms. The molecule has 0 radical (unpaired) electrons. The summed E-state index contributed by atoms with van der Waals surface area (Å²) in [5.74, 6) is 3.51. The molecule has 0 amide bonds. The minimum absolute atomic E-state index is 0.564. The van der Waals surface area contributed by atoms with E-state index < -0.39 is 0 Å². The molecular formula is C15H21N3S. The number of anilines is 1. The molecule has 2 aromatic heterocycles. The average Bonchev–Trinajstić information content (AvgIpc) is 3.07. The average molecular weight is 275 g/mol. The summed E-state index contributed by atoms with van der Waals surface area (Å²) in [6.45, 7) is 5.31. The molecule has 1 aliphatic rings. The van der Waals surface area contributed by atoms with Crippen molar-refractivity contribution in [2.45, 2.75) is 45.4 Å². The topological polar surface area (TPSA) is 37.8 Å². The van der Waals surface area contributed by atoms with Crippen molar-refractivity contribution in [2.24, 2.45) is 5.92 Å². The molecule has 1 N–H and O–H groups in total. The predicted molar refractivity (Wildman–Crippen MR) is 82.0 cm³/mol. The number of fused-ring (bicyclic) bond motifs is 1. The van der Waals surface area contributed by atoms with Crippen molar-refractivity contribution in [1.82, 2.24) is 9.97 Å². The second kappa shape index (κ2) is 5.45. The van der Waals surface area contributed by atoms with Crippen molar-refractivity contribution >= 4 is 27.4 Å². The molecular weight excluding hydrogens is 254 g/mol. The zero-order valence-corrected chi connectivity index (χ0v) is 12.5.